The summed E-state index contributed by atoms with van der Waals surface area (Å²) in [6, 6.07) is 10.4. The molecule has 1 N–H and O–H groups in total. The van der Waals surface area contributed by atoms with E-state index in [0.29, 0.717) is 0 Å². The molecule has 0 aliphatic carbocycles. The Labute approximate surface area is 158 Å². The summed E-state index contributed by atoms with van der Waals surface area (Å²) in [5.41, 5.74) is 1.01. The minimum atomic E-state index is -3.27. The highest BCUT2D eigenvalue weighted by molar-refractivity contribution is 7.88. The molecule has 2 aromatic rings. The molecule has 2 heterocycles. The Morgan fingerprint density at radius 1 is 1.12 bits per heavy atom. The third-order valence-corrected chi connectivity index (χ3v) is 6.35. The topological polar surface area (TPSA) is 52.7 Å². The van der Waals surface area contributed by atoms with Crippen LogP contribution in [0.4, 0.5) is 10.1 Å². The zero-order chi connectivity index (χ0) is 18.7. The van der Waals surface area contributed by atoms with E-state index < -0.39 is 10.0 Å². The predicted molar refractivity (Wildman–Crippen MR) is 105 cm³/mol. The van der Waals surface area contributed by atoms with E-state index in [1.165, 1.54) is 18.4 Å². The second-order valence-corrected chi connectivity index (χ2v) is 9.40. The van der Waals surface area contributed by atoms with Crippen LogP contribution in [0.3, 0.4) is 0 Å². The van der Waals surface area contributed by atoms with Gasteiger partial charge in [-0.1, -0.05) is 6.07 Å². The molecule has 0 radical (unpaired) electrons. The molecule has 1 saturated heterocycles. The summed E-state index contributed by atoms with van der Waals surface area (Å²) in [6.45, 7) is 5.18. The molecule has 1 fully saturated rings. The lowest BCUT2D eigenvalue weighted by atomic mass is 10.1. The van der Waals surface area contributed by atoms with Crippen LogP contribution in [0.25, 0.3) is 0 Å². The van der Waals surface area contributed by atoms with Gasteiger partial charge in [0.25, 0.3) is 0 Å². The Bertz CT molecular complexity index is 801. The summed E-state index contributed by atoms with van der Waals surface area (Å²) in [7, 11) is -3.27. The van der Waals surface area contributed by atoms with Crippen molar-refractivity contribution in [1.82, 2.24) is 9.62 Å². The lowest BCUT2D eigenvalue weighted by Gasteiger charge is -2.42. The van der Waals surface area contributed by atoms with Crippen molar-refractivity contribution >= 4 is 27.0 Å². The van der Waals surface area contributed by atoms with E-state index in [1.54, 1.807) is 23.5 Å². The van der Waals surface area contributed by atoms with Gasteiger partial charge in [0.05, 0.1) is 12.3 Å². The van der Waals surface area contributed by atoms with Gasteiger partial charge in [0.1, 0.15) is 5.82 Å². The van der Waals surface area contributed by atoms with E-state index in [9.17, 15) is 12.8 Å². The minimum Gasteiger partial charge on any atom is -0.369 e. The number of halogens is 1. The fourth-order valence-electron chi connectivity index (χ4n) is 3.51. The largest absolute Gasteiger partial charge is 0.369 e. The number of thiophene rings is 1. The van der Waals surface area contributed by atoms with Crippen LogP contribution in [0.1, 0.15) is 17.8 Å². The van der Waals surface area contributed by atoms with Crippen molar-refractivity contribution in [3.63, 3.8) is 0 Å². The first-order valence-corrected chi connectivity index (χ1v) is 11.4. The number of nitrogens with one attached hydrogen (secondary N) is 1. The number of hydrogen-bond donors (Lipinski definition) is 1. The number of hydrogen-bond acceptors (Lipinski definition) is 5. The molecule has 142 valence electrons. The highest BCUT2D eigenvalue weighted by Crippen LogP contribution is 2.30. The molecule has 3 rings (SSSR count). The molecule has 0 unspecified atom stereocenters. The van der Waals surface area contributed by atoms with Crippen molar-refractivity contribution in [3.05, 3.63) is 52.5 Å². The van der Waals surface area contributed by atoms with Crippen LogP contribution in [-0.4, -0.2) is 51.8 Å². The first-order chi connectivity index (χ1) is 12.3. The second-order valence-electron chi connectivity index (χ2n) is 6.64. The molecule has 1 aliphatic heterocycles. The molecule has 0 spiro atoms. The van der Waals surface area contributed by atoms with Crippen molar-refractivity contribution in [2.45, 2.75) is 19.0 Å². The Hall–Kier alpha value is -1.48. The van der Waals surface area contributed by atoms with Crippen LogP contribution in [0.2, 0.25) is 0 Å². The minimum absolute atomic E-state index is 0.0000859. The third-order valence-electron chi connectivity index (χ3n) is 4.61. The molecular formula is C18H24FN3O2S2. The average Bonchev–Trinajstić information content (AvgIpc) is 3.09. The normalized spacial score (nSPS) is 18.7. The standard InChI is InChI=1S/C18H24FN3O2S2/c1-14(20-26(2,23)24)18(17-4-3-13-25-17)22-11-9-21(10-12-22)16-7-5-15(19)6-8-16/h3-8,13-14,18,20H,9-12H2,1-2H3/t14-,18+/m1/s1. The lowest BCUT2D eigenvalue weighted by Crippen LogP contribution is -2.52. The zero-order valence-electron chi connectivity index (χ0n) is 14.9. The Morgan fingerprint density at radius 3 is 2.31 bits per heavy atom. The van der Waals surface area contributed by atoms with Gasteiger partial charge in [-0.15, -0.1) is 11.3 Å². The highest BCUT2D eigenvalue weighted by atomic mass is 32.2. The Kier molecular flexibility index (Phi) is 5.96. The maximum Gasteiger partial charge on any atom is 0.209 e. The maximum atomic E-state index is 13.1. The molecule has 2 atom stereocenters. The van der Waals surface area contributed by atoms with Gasteiger partial charge < -0.3 is 4.90 Å². The molecule has 1 aromatic carbocycles. The Balaban J connectivity index is 1.72. The quantitative estimate of drug-likeness (QED) is 0.814. The van der Waals surface area contributed by atoms with Crippen LogP contribution in [0.5, 0.6) is 0 Å². The van der Waals surface area contributed by atoms with E-state index >= 15 is 0 Å². The fraction of sp³-hybridized carbons (Fsp3) is 0.444. The number of benzene rings is 1. The number of nitrogens with zero attached hydrogens (tertiary/aromatic N) is 2. The molecule has 1 aliphatic rings. The molecular weight excluding hydrogens is 373 g/mol. The van der Waals surface area contributed by atoms with E-state index in [-0.39, 0.29) is 17.9 Å². The monoisotopic (exact) mass is 397 g/mol. The van der Waals surface area contributed by atoms with Crippen LogP contribution < -0.4 is 9.62 Å². The SMILES string of the molecule is C[C@@H](NS(C)(=O)=O)[C@@H](c1cccs1)N1CCN(c2ccc(F)cc2)CC1. The second kappa shape index (κ2) is 8.04. The van der Waals surface area contributed by atoms with Gasteiger partial charge in [0.2, 0.25) is 10.0 Å². The number of rotatable bonds is 6. The van der Waals surface area contributed by atoms with E-state index in [4.69, 9.17) is 0 Å². The maximum absolute atomic E-state index is 13.1. The fourth-order valence-corrected chi connectivity index (χ4v) is 5.28. The summed E-state index contributed by atoms with van der Waals surface area (Å²) in [6.07, 6.45) is 1.20. The van der Waals surface area contributed by atoms with Gasteiger partial charge in [-0.25, -0.2) is 17.5 Å². The van der Waals surface area contributed by atoms with Gasteiger partial charge in [-0.2, -0.15) is 0 Å². The summed E-state index contributed by atoms with van der Waals surface area (Å²) < 4.78 is 39.3. The molecule has 26 heavy (non-hydrogen) atoms. The zero-order valence-corrected chi connectivity index (χ0v) is 16.6. The summed E-state index contributed by atoms with van der Waals surface area (Å²) in [5, 5.41) is 2.02. The first kappa shape index (κ1) is 19.3. The van der Waals surface area contributed by atoms with E-state index in [2.05, 4.69) is 20.6 Å². The first-order valence-electron chi connectivity index (χ1n) is 8.59. The van der Waals surface area contributed by atoms with Crippen molar-refractivity contribution in [3.8, 4) is 0 Å². The molecule has 8 heteroatoms. The number of piperazine rings is 1. The Morgan fingerprint density at radius 2 is 1.77 bits per heavy atom. The molecule has 0 saturated carbocycles. The molecule has 1 aromatic heterocycles. The molecule has 0 amide bonds. The van der Waals surface area contributed by atoms with Crippen LogP contribution in [-0.2, 0) is 10.0 Å². The van der Waals surface area contributed by atoms with E-state index in [0.717, 1.165) is 36.7 Å². The van der Waals surface area contributed by atoms with Crippen LogP contribution in [0, 0.1) is 5.82 Å². The average molecular weight is 398 g/mol. The van der Waals surface area contributed by atoms with Gasteiger partial charge in [-0.05, 0) is 42.6 Å². The molecule has 5 nitrogen and oxygen atoms in total. The summed E-state index contributed by atoms with van der Waals surface area (Å²) in [4.78, 5) is 5.72. The number of sulfonamides is 1. The summed E-state index contributed by atoms with van der Waals surface area (Å²) >= 11 is 1.65. The van der Waals surface area contributed by atoms with Crippen LogP contribution in [0.15, 0.2) is 41.8 Å². The van der Waals surface area contributed by atoms with Gasteiger partial charge >= 0.3 is 0 Å². The third kappa shape index (κ3) is 4.82. The van der Waals surface area contributed by atoms with Crippen molar-refractivity contribution in [2.75, 3.05) is 37.3 Å². The van der Waals surface area contributed by atoms with Gasteiger partial charge in [-0.3, -0.25) is 4.90 Å². The van der Waals surface area contributed by atoms with Gasteiger partial charge in [0.15, 0.2) is 0 Å². The smallest absolute Gasteiger partial charge is 0.209 e. The summed E-state index contributed by atoms with van der Waals surface area (Å²) in [5.74, 6) is -0.231. The van der Waals surface area contributed by atoms with Gasteiger partial charge in [0, 0.05) is 42.8 Å². The van der Waals surface area contributed by atoms with E-state index in [1.807, 2.05) is 18.4 Å². The van der Waals surface area contributed by atoms with Crippen molar-refractivity contribution in [2.24, 2.45) is 0 Å². The lowest BCUT2D eigenvalue weighted by molar-refractivity contribution is 0.164. The van der Waals surface area contributed by atoms with Crippen LogP contribution >= 0.6 is 11.3 Å². The van der Waals surface area contributed by atoms with Crippen molar-refractivity contribution in [1.29, 1.82) is 0 Å². The highest BCUT2D eigenvalue weighted by Gasteiger charge is 2.31. The molecule has 0 bridgehead atoms. The predicted octanol–water partition coefficient (Wildman–Crippen LogP) is 2.69. The number of anilines is 1. The van der Waals surface area contributed by atoms with Crippen molar-refractivity contribution < 1.29 is 12.8 Å².